The van der Waals surface area contributed by atoms with E-state index in [2.05, 4.69) is 23.9 Å². The van der Waals surface area contributed by atoms with Crippen LogP contribution in [0.4, 0.5) is 0 Å². The van der Waals surface area contributed by atoms with Crippen LogP contribution in [0.3, 0.4) is 0 Å². The highest BCUT2D eigenvalue weighted by Gasteiger charge is 2.20. The van der Waals surface area contributed by atoms with E-state index in [4.69, 9.17) is 9.47 Å². The predicted molar refractivity (Wildman–Crippen MR) is 79.4 cm³/mol. The van der Waals surface area contributed by atoms with Gasteiger partial charge in [0.15, 0.2) is 6.29 Å². The molecule has 0 N–H and O–H groups in total. The summed E-state index contributed by atoms with van der Waals surface area (Å²) >= 11 is 0. The van der Waals surface area contributed by atoms with Crippen LogP contribution in [0.5, 0.6) is 0 Å². The van der Waals surface area contributed by atoms with Crippen molar-refractivity contribution in [2.24, 2.45) is 5.92 Å². The van der Waals surface area contributed by atoms with Crippen molar-refractivity contribution in [1.82, 2.24) is 9.80 Å². The van der Waals surface area contributed by atoms with Gasteiger partial charge in [-0.3, -0.25) is 0 Å². The Kier molecular flexibility index (Phi) is 8.62. The van der Waals surface area contributed by atoms with Gasteiger partial charge in [0, 0.05) is 32.7 Å². The summed E-state index contributed by atoms with van der Waals surface area (Å²) in [6.07, 6.45) is 3.62. The molecule has 1 rings (SSSR count). The van der Waals surface area contributed by atoms with E-state index in [0.717, 1.165) is 32.1 Å². The van der Waals surface area contributed by atoms with Gasteiger partial charge >= 0.3 is 0 Å². The van der Waals surface area contributed by atoms with Crippen LogP contribution in [0.25, 0.3) is 0 Å². The summed E-state index contributed by atoms with van der Waals surface area (Å²) in [6.45, 7) is 10.3. The van der Waals surface area contributed by atoms with E-state index in [9.17, 15) is 0 Å². The molecule has 1 fully saturated rings. The summed E-state index contributed by atoms with van der Waals surface area (Å²) in [4.78, 5) is 4.86. The van der Waals surface area contributed by atoms with Gasteiger partial charge in [0.05, 0.1) is 0 Å². The molecule has 0 radical (unpaired) electrons. The van der Waals surface area contributed by atoms with Crippen molar-refractivity contribution in [2.45, 2.75) is 39.4 Å². The van der Waals surface area contributed by atoms with E-state index < -0.39 is 0 Å². The predicted octanol–water partition coefficient (Wildman–Crippen LogP) is 2.05. The van der Waals surface area contributed by atoms with Crippen LogP contribution >= 0.6 is 0 Å². The molecule has 0 saturated carbocycles. The molecule has 0 bridgehead atoms. The van der Waals surface area contributed by atoms with E-state index in [1.165, 1.54) is 32.5 Å². The molecule has 19 heavy (non-hydrogen) atoms. The van der Waals surface area contributed by atoms with Crippen LogP contribution in [0.2, 0.25) is 0 Å². The Bertz CT molecular complexity index is 210. The Labute approximate surface area is 119 Å². The Morgan fingerprint density at radius 3 is 2.16 bits per heavy atom. The molecule has 4 heteroatoms. The number of piperidine rings is 1. The molecule has 0 aromatic carbocycles. The summed E-state index contributed by atoms with van der Waals surface area (Å²) in [7, 11) is 4.34. The summed E-state index contributed by atoms with van der Waals surface area (Å²) in [5.74, 6) is 0.876. The fourth-order valence-electron chi connectivity index (χ4n) is 2.78. The van der Waals surface area contributed by atoms with E-state index >= 15 is 0 Å². The lowest BCUT2D eigenvalue weighted by Crippen LogP contribution is -2.38. The standard InChI is InChI=1S/C15H32N2O2/c1-5-18-15(19-6-2)9-12-17-10-7-14(8-11-17)13-16(3)4/h14-15H,5-13H2,1-4H3. The number of hydrogen-bond donors (Lipinski definition) is 0. The molecule has 1 aliphatic rings. The zero-order valence-corrected chi connectivity index (χ0v) is 13.2. The summed E-state index contributed by atoms with van der Waals surface area (Å²) in [5.41, 5.74) is 0. The maximum Gasteiger partial charge on any atom is 0.158 e. The highest BCUT2D eigenvalue weighted by molar-refractivity contribution is 4.74. The number of ether oxygens (including phenoxy) is 2. The number of likely N-dealkylation sites (tertiary alicyclic amines) is 1. The van der Waals surface area contributed by atoms with Crippen molar-refractivity contribution in [3.8, 4) is 0 Å². The fraction of sp³-hybridized carbons (Fsp3) is 1.00. The molecule has 0 unspecified atom stereocenters. The Balaban J connectivity index is 2.17. The van der Waals surface area contributed by atoms with E-state index in [0.29, 0.717) is 0 Å². The van der Waals surface area contributed by atoms with Gasteiger partial charge in [-0.2, -0.15) is 0 Å². The average Bonchev–Trinajstić information content (AvgIpc) is 2.37. The first-order chi connectivity index (χ1) is 9.15. The van der Waals surface area contributed by atoms with Gasteiger partial charge in [-0.05, 0) is 59.8 Å². The molecule has 0 atom stereocenters. The lowest BCUT2D eigenvalue weighted by Gasteiger charge is -2.33. The van der Waals surface area contributed by atoms with Crippen molar-refractivity contribution in [3.63, 3.8) is 0 Å². The number of rotatable bonds is 9. The van der Waals surface area contributed by atoms with E-state index in [-0.39, 0.29) is 6.29 Å². The summed E-state index contributed by atoms with van der Waals surface area (Å²) < 4.78 is 11.2. The topological polar surface area (TPSA) is 24.9 Å². The molecule has 0 spiro atoms. The second-order valence-electron chi connectivity index (χ2n) is 5.68. The van der Waals surface area contributed by atoms with Crippen LogP contribution in [0.15, 0.2) is 0 Å². The molecule has 0 aromatic heterocycles. The minimum absolute atomic E-state index is 0.0190. The molecule has 0 aromatic rings. The lowest BCUT2D eigenvalue weighted by molar-refractivity contribution is -0.142. The third-order valence-electron chi connectivity index (χ3n) is 3.72. The van der Waals surface area contributed by atoms with Crippen molar-refractivity contribution >= 4 is 0 Å². The summed E-state index contributed by atoms with van der Waals surface area (Å²) in [5, 5.41) is 0. The number of hydrogen-bond acceptors (Lipinski definition) is 4. The molecule has 1 heterocycles. The zero-order valence-electron chi connectivity index (χ0n) is 13.2. The van der Waals surface area contributed by atoms with E-state index in [1.807, 2.05) is 13.8 Å². The largest absolute Gasteiger partial charge is 0.353 e. The Hall–Kier alpha value is -0.160. The minimum atomic E-state index is -0.0190. The van der Waals surface area contributed by atoms with E-state index in [1.54, 1.807) is 0 Å². The van der Waals surface area contributed by atoms with Crippen molar-refractivity contribution in [3.05, 3.63) is 0 Å². The molecule has 0 aliphatic carbocycles. The second-order valence-corrected chi connectivity index (χ2v) is 5.68. The van der Waals surface area contributed by atoms with Gasteiger partial charge in [-0.15, -0.1) is 0 Å². The van der Waals surface area contributed by atoms with Crippen LogP contribution in [-0.2, 0) is 9.47 Å². The van der Waals surface area contributed by atoms with Gasteiger partial charge in [-0.25, -0.2) is 0 Å². The van der Waals surface area contributed by atoms with Gasteiger partial charge in [0.25, 0.3) is 0 Å². The lowest BCUT2D eigenvalue weighted by atomic mass is 9.96. The van der Waals surface area contributed by atoms with Gasteiger partial charge in [-0.1, -0.05) is 0 Å². The molecule has 0 amide bonds. The van der Waals surface area contributed by atoms with Crippen LogP contribution < -0.4 is 0 Å². The molecule has 1 saturated heterocycles. The fourth-order valence-corrected chi connectivity index (χ4v) is 2.78. The van der Waals surface area contributed by atoms with Crippen molar-refractivity contribution in [2.75, 3.05) is 53.5 Å². The zero-order chi connectivity index (χ0) is 14.1. The first-order valence-electron chi connectivity index (χ1n) is 7.76. The van der Waals surface area contributed by atoms with Crippen molar-refractivity contribution in [1.29, 1.82) is 0 Å². The Morgan fingerprint density at radius 1 is 1.11 bits per heavy atom. The molecular weight excluding hydrogens is 240 g/mol. The summed E-state index contributed by atoms with van der Waals surface area (Å²) in [6, 6.07) is 0. The highest BCUT2D eigenvalue weighted by atomic mass is 16.7. The molecular formula is C15H32N2O2. The van der Waals surface area contributed by atoms with Gasteiger partial charge in [0.1, 0.15) is 0 Å². The van der Waals surface area contributed by atoms with Crippen LogP contribution in [0, 0.1) is 5.92 Å². The van der Waals surface area contributed by atoms with Crippen molar-refractivity contribution < 1.29 is 9.47 Å². The monoisotopic (exact) mass is 272 g/mol. The van der Waals surface area contributed by atoms with Gasteiger partial charge < -0.3 is 19.3 Å². The maximum absolute atomic E-state index is 5.59. The molecule has 1 aliphatic heterocycles. The molecule has 114 valence electrons. The van der Waals surface area contributed by atoms with Crippen LogP contribution in [0.1, 0.15) is 33.1 Å². The third kappa shape index (κ3) is 7.25. The minimum Gasteiger partial charge on any atom is -0.353 e. The Morgan fingerprint density at radius 2 is 1.68 bits per heavy atom. The first-order valence-corrected chi connectivity index (χ1v) is 7.76. The maximum atomic E-state index is 5.59. The highest BCUT2D eigenvalue weighted by Crippen LogP contribution is 2.18. The smallest absolute Gasteiger partial charge is 0.158 e. The van der Waals surface area contributed by atoms with Crippen LogP contribution in [-0.4, -0.2) is 69.6 Å². The second kappa shape index (κ2) is 9.70. The quantitative estimate of drug-likeness (QED) is 0.600. The average molecular weight is 272 g/mol. The number of nitrogens with zero attached hydrogens (tertiary/aromatic N) is 2. The SMILES string of the molecule is CCOC(CCN1CCC(CN(C)C)CC1)OCC. The third-order valence-corrected chi connectivity index (χ3v) is 3.72. The normalized spacial score (nSPS) is 18.6. The van der Waals surface area contributed by atoms with Gasteiger partial charge in [0.2, 0.25) is 0 Å². The first kappa shape index (κ1) is 16.9. The molecule has 4 nitrogen and oxygen atoms in total.